The number of aryl methyl sites for hydroxylation is 2. The van der Waals surface area contributed by atoms with Crippen LogP contribution in [0.4, 0.5) is 0 Å². The molecule has 0 radical (unpaired) electrons. The third-order valence-electron chi connectivity index (χ3n) is 3.82. The second-order valence-corrected chi connectivity index (χ2v) is 6.73. The van der Waals surface area contributed by atoms with Gasteiger partial charge in [0.15, 0.2) is 5.16 Å². The Bertz CT molecular complexity index is 483. The van der Waals surface area contributed by atoms with Gasteiger partial charge in [-0.05, 0) is 52.3 Å². The third kappa shape index (κ3) is 4.95. The molecule has 2 rings (SSSR count). The van der Waals surface area contributed by atoms with Gasteiger partial charge in [0.05, 0.1) is 5.75 Å². The molecule has 0 unspecified atom stereocenters. The molecule has 1 aromatic heterocycles. The summed E-state index contributed by atoms with van der Waals surface area (Å²) in [5, 5.41) is 4.06. The van der Waals surface area contributed by atoms with Gasteiger partial charge in [0.25, 0.3) is 0 Å². The van der Waals surface area contributed by atoms with Gasteiger partial charge < -0.3 is 10.2 Å². The molecule has 1 aromatic rings. The van der Waals surface area contributed by atoms with Gasteiger partial charge in [-0.3, -0.25) is 4.79 Å². The van der Waals surface area contributed by atoms with E-state index in [1.54, 1.807) is 0 Å². The number of carbonyl (C=O) groups is 1. The van der Waals surface area contributed by atoms with E-state index in [4.69, 9.17) is 0 Å². The largest absolute Gasteiger partial charge is 0.339 e. The first kappa shape index (κ1) is 17.2. The van der Waals surface area contributed by atoms with Crippen molar-refractivity contribution >= 4 is 17.7 Å². The fourth-order valence-corrected chi connectivity index (χ4v) is 3.67. The third-order valence-corrected chi connectivity index (χ3v) is 4.65. The van der Waals surface area contributed by atoms with Gasteiger partial charge in [-0.25, -0.2) is 9.97 Å². The van der Waals surface area contributed by atoms with Gasteiger partial charge in [0.1, 0.15) is 0 Å². The first-order valence-electron chi connectivity index (χ1n) is 8.05. The first-order chi connectivity index (χ1) is 10.6. The van der Waals surface area contributed by atoms with E-state index in [1.165, 1.54) is 11.8 Å². The number of nitrogens with one attached hydrogen (secondary N) is 1. The molecule has 1 fully saturated rings. The van der Waals surface area contributed by atoms with Gasteiger partial charge in [-0.1, -0.05) is 18.7 Å². The van der Waals surface area contributed by atoms with Crippen molar-refractivity contribution in [1.82, 2.24) is 20.2 Å². The molecule has 1 aliphatic heterocycles. The van der Waals surface area contributed by atoms with Gasteiger partial charge >= 0.3 is 0 Å². The molecule has 2 heterocycles. The molecule has 6 heteroatoms. The van der Waals surface area contributed by atoms with E-state index < -0.39 is 0 Å². The second-order valence-electron chi connectivity index (χ2n) is 5.79. The summed E-state index contributed by atoms with van der Waals surface area (Å²) >= 11 is 1.45. The van der Waals surface area contributed by atoms with Crippen molar-refractivity contribution in [3.05, 3.63) is 17.5 Å². The Morgan fingerprint density at radius 2 is 1.95 bits per heavy atom. The zero-order valence-corrected chi connectivity index (χ0v) is 14.6. The fraction of sp³-hybridized carbons (Fsp3) is 0.688. The van der Waals surface area contributed by atoms with Crippen LogP contribution in [0.1, 0.15) is 37.6 Å². The molecule has 0 atom stereocenters. The average molecular weight is 322 g/mol. The van der Waals surface area contributed by atoms with Crippen LogP contribution in [0.15, 0.2) is 11.2 Å². The monoisotopic (exact) mass is 322 g/mol. The summed E-state index contributed by atoms with van der Waals surface area (Å²) in [6, 6.07) is 2.33. The highest BCUT2D eigenvalue weighted by molar-refractivity contribution is 7.99. The van der Waals surface area contributed by atoms with Crippen molar-refractivity contribution in [3.8, 4) is 0 Å². The van der Waals surface area contributed by atoms with Crippen LogP contribution < -0.4 is 5.32 Å². The van der Waals surface area contributed by atoms with Gasteiger partial charge in [-0.2, -0.15) is 0 Å². The van der Waals surface area contributed by atoms with Crippen molar-refractivity contribution in [2.45, 2.75) is 51.2 Å². The Hall–Kier alpha value is -1.14. The molecule has 22 heavy (non-hydrogen) atoms. The Balaban J connectivity index is 1.95. The number of rotatable bonds is 6. The first-order valence-corrected chi connectivity index (χ1v) is 9.04. The van der Waals surface area contributed by atoms with E-state index in [0.717, 1.165) is 50.3 Å². The minimum atomic E-state index is 0.210. The van der Waals surface area contributed by atoms with E-state index in [-0.39, 0.29) is 5.91 Å². The highest BCUT2D eigenvalue weighted by atomic mass is 32.2. The molecule has 122 valence electrons. The van der Waals surface area contributed by atoms with Crippen molar-refractivity contribution in [3.63, 3.8) is 0 Å². The number of hydrogen-bond acceptors (Lipinski definition) is 5. The Morgan fingerprint density at radius 3 is 2.55 bits per heavy atom. The lowest BCUT2D eigenvalue weighted by atomic mass is 10.0. The number of aromatic nitrogens is 2. The number of amides is 1. The van der Waals surface area contributed by atoms with E-state index >= 15 is 0 Å². The predicted octanol–water partition coefficient (Wildman–Crippen LogP) is 2.18. The maximum Gasteiger partial charge on any atom is 0.233 e. The predicted molar refractivity (Wildman–Crippen MR) is 90.1 cm³/mol. The summed E-state index contributed by atoms with van der Waals surface area (Å²) < 4.78 is 0. The Kier molecular flexibility index (Phi) is 6.64. The van der Waals surface area contributed by atoms with E-state index in [2.05, 4.69) is 27.1 Å². The van der Waals surface area contributed by atoms with Crippen LogP contribution in [0.5, 0.6) is 0 Å². The lowest BCUT2D eigenvalue weighted by Crippen LogP contribution is -2.47. The molecule has 1 amide bonds. The lowest BCUT2D eigenvalue weighted by molar-refractivity contribution is -0.131. The molecule has 0 saturated carbocycles. The zero-order chi connectivity index (χ0) is 15.9. The normalized spacial score (nSPS) is 15.8. The SMILES string of the molecule is CCCN(C(=O)CSc1nc(C)cc(C)n1)C1CCNCC1. The number of nitrogens with zero attached hydrogens (tertiary/aromatic N) is 3. The number of carbonyl (C=O) groups excluding carboxylic acids is 1. The van der Waals surface area contributed by atoms with E-state index in [9.17, 15) is 4.79 Å². The maximum absolute atomic E-state index is 12.6. The highest BCUT2D eigenvalue weighted by Gasteiger charge is 2.24. The summed E-state index contributed by atoms with van der Waals surface area (Å²) in [5.74, 6) is 0.633. The van der Waals surface area contributed by atoms with Crippen LogP contribution in [0.3, 0.4) is 0 Å². The number of thioether (sulfide) groups is 1. The number of hydrogen-bond donors (Lipinski definition) is 1. The molecule has 1 N–H and O–H groups in total. The Labute approximate surface area is 137 Å². The fourth-order valence-electron chi connectivity index (χ4n) is 2.84. The smallest absolute Gasteiger partial charge is 0.233 e. The van der Waals surface area contributed by atoms with Crippen LogP contribution in [-0.2, 0) is 4.79 Å². The molecule has 0 spiro atoms. The molecule has 0 bridgehead atoms. The van der Waals surface area contributed by atoms with Crippen molar-refractivity contribution in [1.29, 1.82) is 0 Å². The quantitative estimate of drug-likeness (QED) is 0.642. The average Bonchev–Trinajstić information content (AvgIpc) is 2.50. The molecule has 0 aliphatic carbocycles. The summed E-state index contributed by atoms with van der Waals surface area (Å²) in [7, 11) is 0. The maximum atomic E-state index is 12.6. The van der Waals surface area contributed by atoms with Gasteiger partial charge in [0.2, 0.25) is 5.91 Å². The Morgan fingerprint density at radius 1 is 1.32 bits per heavy atom. The molecule has 5 nitrogen and oxygen atoms in total. The summed E-state index contributed by atoms with van der Waals surface area (Å²) in [6.45, 7) is 8.90. The molecule has 1 saturated heterocycles. The lowest BCUT2D eigenvalue weighted by Gasteiger charge is -2.34. The van der Waals surface area contributed by atoms with E-state index in [0.29, 0.717) is 17.0 Å². The minimum absolute atomic E-state index is 0.210. The van der Waals surface area contributed by atoms with Crippen LogP contribution in [0.25, 0.3) is 0 Å². The van der Waals surface area contributed by atoms with E-state index in [1.807, 2.05) is 19.9 Å². The molecule has 1 aliphatic rings. The van der Waals surface area contributed by atoms with Crippen molar-refractivity contribution in [2.24, 2.45) is 0 Å². The summed E-state index contributed by atoms with van der Waals surface area (Å²) in [6.07, 6.45) is 3.10. The van der Waals surface area contributed by atoms with Crippen LogP contribution in [0, 0.1) is 13.8 Å². The topological polar surface area (TPSA) is 58.1 Å². The molecule has 0 aromatic carbocycles. The van der Waals surface area contributed by atoms with Crippen LogP contribution in [0.2, 0.25) is 0 Å². The van der Waals surface area contributed by atoms with Gasteiger partial charge in [0, 0.05) is 24.0 Å². The minimum Gasteiger partial charge on any atom is -0.339 e. The summed E-state index contributed by atoms with van der Waals surface area (Å²) in [5.41, 5.74) is 1.90. The molecular weight excluding hydrogens is 296 g/mol. The summed E-state index contributed by atoms with van der Waals surface area (Å²) in [4.78, 5) is 23.5. The van der Waals surface area contributed by atoms with Crippen LogP contribution in [-0.4, -0.2) is 52.2 Å². The highest BCUT2D eigenvalue weighted by Crippen LogP contribution is 2.18. The second kappa shape index (κ2) is 8.48. The standard InChI is InChI=1S/C16H26N4OS/c1-4-9-20(14-5-7-17-8-6-14)15(21)11-22-16-18-12(2)10-13(3)19-16/h10,14,17H,4-9,11H2,1-3H3. The zero-order valence-electron chi connectivity index (χ0n) is 13.8. The molecular formula is C16H26N4OS. The number of piperidine rings is 1. The van der Waals surface area contributed by atoms with Crippen molar-refractivity contribution < 1.29 is 4.79 Å². The van der Waals surface area contributed by atoms with Crippen molar-refractivity contribution in [2.75, 3.05) is 25.4 Å². The van der Waals surface area contributed by atoms with Crippen LogP contribution >= 0.6 is 11.8 Å². The van der Waals surface area contributed by atoms with Gasteiger partial charge in [-0.15, -0.1) is 0 Å².